The molecule has 3 aromatic heterocycles. The van der Waals surface area contributed by atoms with Crippen LogP contribution in [0.15, 0.2) is 48.2 Å². The van der Waals surface area contributed by atoms with Gasteiger partial charge in [0.05, 0.1) is 12.0 Å². The van der Waals surface area contributed by atoms with E-state index in [2.05, 4.69) is 72.8 Å². The van der Waals surface area contributed by atoms with Gasteiger partial charge in [-0.25, -0.2) is 14.8 Å². The van der Waals surface area contributed by atoms with E-state index < -0.39 is 119 Å². The summed E-state index contributed by atoms with van der Waals surface area (Å²) < 4.78 is 1.61. The number of H-pyrrole nitrogens is 2. The second-order valence-electron chi connectivity index (χ2n) is 23.4. The summed E-state index contributed by atoms with van der Waals surface area (Å²) in [6.45, 7) is 11.2. The number of unbranched alkanes of at least 4 members (excludes halogenated alkanes) is 1. The molecule has 10 unspecified atom stereocenters. The minimum Gasteiger partial charge on any atom is -0.480 e. The number of hydrogen-bond acceptors (Lipinski definition) is 14. The molecule has 4 aromatic rings. The molecular formula is C57H82N18O11. The number of fused-ring (bicyclic) bond motifs is 13. The molecule has 0 spiro atoms. The standard InChI is InChI=1S/C57H82N18O11/c1-27(2)18-39-53(82)73-45(29(5)6)54(83)72-42-22-34-33-13-12-30(44(28(3)4)46(55(84)71-39)74-49(78)36-14-15-43(76)65-36)19-38(33)66-47(34)75-24-32(64-26-75)21-41(69-48(77)35(67-52(42)81)11-9-17-62-57(59)60)51(80)70-40(20-31-23-61-25-63-31)50(79)68-37(56(85)86)10-7-8-16-58/h12-13,19,23-29,35-37,39-42,44-46,66H,7-11,14-18,20-22,58H2,1-6H3,(H,61,63)(H,65,76)(H,67,81)(H,68,79)(H,69,77)(H,70,80)(H,71,84)(H,72,83)(H,73,82)(H,74,78)(H,85,86)(H4,59,60,62). The number of aliphatic imine (C=N–C) groups is 1. The first-order chi connectivity index (χ1) is 40.9. The number of imidazole rings is 2. The third kappa shape index (κ3) is 16.7. The molecule has 4 aliphatic rings. The molecule has 7 bridgehead atoms. The van der Waals surface area contributed by atoms with Crippen molar-refractivity contribution in [2.45, 2.75) is 172 Å². The van der Waals surface area contributed by atoms with Crippen molar-refractivity contribution in [3.05, 3.63) is 65.8 Å². The first kappa shape index (κ1) is 64.7. The monoisotopic (exact) mass is 1190 g/mol. The average molecular weight is 1200 g/mol. The van der Waals surface area contributed by atoms with Crippen LogP contribution >= 0.6 is 0 Å². The number of carboxylic acid groups (broad SMARTS) is 1. The van der Waals surface area contributed by atoms with Crippen molar-refractivity contribution >= 4 is 76.0 Å². The van der Waals surface area contributed by atoms with Crippen molar-refractivity contribution in [2.75, 3.05) is 13.1 Å². The number of guanidine groups is 1. The predicted molar refractivity (Wildman–Crippen MR) is 314 cm³/mol. The highest BCUT2D eigenvalue weighted by atomic mass is 16.4. The molecule has 0 aliphatic carbocycles. The zero-order chi connectivity index (χ0) is 62.5. The van der Waals surface area contributed by atoms with E-state index in [0.29, 0.717) is 52.9 Å². The van der Waals surface area contributed by atoms with Gasteiger partial charge in [0.2, 0.25) is 53.2 Å². The Kier molecular flexibility index (Phi) is 22.0. The van der Waals surface area contributed by atoms with E-state index in [1.54, 1.807) is 36.7 Å². The van der Waals surface area contributed by atoms with Gasteiger partial charge in [0, 0.05) is 72.7 Å². The fourth-order valence-corrected chi connectivity index (χ4v) is 11.1. The van der Waals surface area contributed by atoms with Crippen LogP contribution in [0, 0.1) is 17.8 Å². The summed E-state index contributed by atoms with van der Waals surface area (Å²) in [6.07, 6.45) is 6.57. The Bertz CT molecular complexity index is 3150. The van der Waals surface area contributed by atoms with Gasteiger partial charge in [0.15, 0.2) is 5.96 Å². The Morgan fingerprint density at radius 2 is 1.55 bits per heavy atom. The number of hydrogen-bond donors (Lipinski definition) is 15. The fraction of sp³-hybridized carbons (Fsp3) is 0.561. The maximum absolute atomic E-state index is 15.2. The Labute approximate surface area is 496 Å². The van der Waals surface area contributed by atoms with Crippen molar-refractivity contribution in [1.82, 2.24) is 72.4 Å². The smallest absolute Gasteiger partial charge is 0.326 e. The first-order valence-electron chi connectivity index (χ1n) is 29.3. The van der Waals surface area contributed by atoms with Crippen LogP contribution in [-0.4, -0.2) is 162 Å². The van der Waals surface area contributed by atoms with Crippen molar-refractivity contribution in [3.8, 4) is 5.82 Å². The van der Waals surface area contributed by atoms with Gasteiger partial charge in [-0.2, -0.15) is 0 Å². The van der Waals surface area contributed by atoms with Crippen LogP contribution in [0.5, 0.6) is 0 Å². The molecule has 18 N–H and O–H groups in total. The number of aromatic amines is 2. The van der Waals surface area contributed by atoms with Crippen molar-refractivity contribution < 1.29 is 53.1 Å². The lowest BCUT2D eigenvalue weighted by Crippen LogP contribution is -2.62. The number of benzene rings is 1. The molecule has 7 heterocycles. The van der Waals surface area contributed by atoms with Gasteiger partial charge >= 0.3 is 5.97 Å². The van der Waals surface area contributed by atoms with Crippen LogP contribution < -0.4 is 65.1 Å². The molecule has 0 radical (unpaired) electrons. The summed E-state index contributed by atoms with van der Waals surface area (Å²) in [4.78, 5) is 161. The number of amides is 9. The largest absolute Gasteiger partial charge is 0.480 e. The number of aliphatic carboxylic acids is 1. The van der Waals surface area contributed by atoms with Crippen molar-refractivity contribution in [1.29, 1.82) is 0 Å². The van der Waals surface area contributed by atoms with Crippen LogP contribution in [0.1, 0.15) is 121 Å². The van der Waals surface area contributed by atoms with Gasteiger partial charge in [-0.3, -0.25) is 52.7 Å². The van der Waals surface area contributed by atoms with Crippen molar-refractivity contribution in [2.24, 2.45) is 39.9 Å². The third-order valence-corrected chi connectivity index (χ3v) is 15.6. The molecule has 29 heteroatoms. The molecule has 10 atom stereocenters. The quantitative estimate of drug-likeness (QED) is 0.0191. The number of carboxylic acids is 1. The summed E-state index contributed by atoms with van der Waals surface area (Å²) in [5.74, 6) is -9.54. The Balaban J connectivity index is 1.37. The molecule has 4 aliphatic heterocycles. The molecule has 86 heavy (non-hydrogen) atoms. The molecule has 8 rings (SSSR count). The molecule has 466 valence electrons. The van der Waals surface area contributed by atoms with Crippen LogP contribution in [-0.2, 0) is 67.2 Å². The lowest BCUT2D eigenvalue weighted by molar-refractivity contribution is -0.142. The highest BCUT2D eigenvalue weighted by molar-refractivity contribution is 6.00. The Hall–Kier alpha value is -8.89. The molecule has 9 amide bonds. The van der Waals surface area contributed by atoms with E-state index in [9.17, 15) is 48.3 Å². The van der Waals surface area contributed by atoms with Crippen LogP contribution in [0.3, 0.4) is 0 Å². The maximum Gasteiger partial charge on any atom is 0.326 e. The topological polar surface area (TPSA) is 452 Å². The van der Waals surface area contributed by atoms with Gasteiger partial charge in [0.1, 0.15) is 66.5 Å². The van der Waals surface area contributed by atoms with E-state index in [1.165, 1.54) is 18.9 Å². The Morgan fingerprint density at radius 3 is 2.20 bits per heavy atom. The number of rotatable bonds is 21. The second kappa shape index (κ2) is 29.3. The predicted octanol–water partition coefficient (Wildman–Crippen LogP) is -1.70. The minimum atomic E-state index is -1.51. The summed E-state index contributed by atoms with van der Waals surface area (Å²) >= 11 is 0. The van der Waals surface area contributed by atoms with E-state index in [0.717, 1.165) is 0 Å². The van der Waals surface area contributed by atoms with Crippen LogP contribution in [0.4, 0.5) is 0 Å². The van der Waals surface area contributed by atoms with Crippen molar-refractivity contribution in [3.63, 3.8) is 0 Å². The number of nitrogens with one attached hydrogen (secondary N) is 11. The van der Waals surface area contributed by atoms with Crippen LogP contribution in [0.2, 0.25) is 0 Å². The lowest BCUT2D eigenvalue weighted by Gasteiger charge is -2.33. The van der Waals surface area contributed by atoms with Gasteiger partial charge in [-0.1, -0.05) is 53.7 Å². The number of carbonyl (C=O) groups excluding carboxylic acids is 9. The van der Waals surface area contributed by atoms with E-state index in [-0.39, 0.29) is 93.7 Å². The third-order valence-electron chi connectivity index (χ3n) is 15.6. The average Bonchev–Trinajstić information content (AvgIpc) is 1.72. The molecule has 1 saturated heterocycles. The molecule has 1 fully saturated rings. The SMILES string of the molecule is CC(C)CC1NC(=O)C(NC(=O)C2CCC(=O)N2)C(C(C)C)c2ccc3c4c([nH]c3c2)-n2cnc(c2)CC(C(=O)NC(Cc2cnc[nH]2)C(=O)NC(CCCCN)C(=O)O)NC(=O)C(CCCN=C(N)N)NC(=O)C(C4)NC(=O)C(C(C)C)NC1=O. The van der Waals surface area contributed by atoms with E-state index >= 15 is 4.79 Å². The lowest BCUT2D eigenvalue weighted by atomic mass is 9.81. The molecule has 1 aromatic carbocycles. The van der Waals surface area contributed by atoms with Gasteiger partial charge in [0.25, 0.3) is 0 Å². The fourth-order valence-electron chi connectivity index (χ4n) is 11.1. The minimum absolute atomic E-state index is 0.0235. The van der Waals surface area contributed by atoms with E-state index in [4.69, 9.17) is 17.2 Å². The van der Waals surface area contributed by atoms with Gasteiger partial charge in [-0.15, -0.1) is 0 Å². The van der Waals surface area contributed by atoms with Gasteiger partial charge < -0.3 is 80.1 Å². The molecule has 0 saturated carbocycles. The summed E-state index contributed by atoms with van der Waals surface area (Å²) in [6, 6.07) is -6.52. The van der Waals surface area contributed by atoms with E-state index in [1.807, 2.05) is 33.8 Å². The highest BCUT2D eigenvalue weighted by Gasteiger charge is 2.41. The number of carbonyl (C=O) groups is 10. The number of aromatic nitrogens is 5. The first-order valence-corrected chi connectivity index (χ1v) is 29.3. The molecular weight excluding hydrogens is 1110 g/mol. The number of nitrogens with two attached hydrogens (primary N) is 3. The zero-order valence-electron chi connectivity index (χ0n) is 49.3. The Morgan fingerprint density at radius 1 is 0.802 bits per heavy atom. The number of nitrogens with zero attached hydrogens (tertiary/aromatic N) is 4. The van der Waals surface area contributed by atoms with Gasteiger partial charge in [-0.05, 0) is 80.9 Å². The summed E-state index contributed by atoms with van der Waals surface area (Å²) in [5.41, 5.74) is 19.1. The molecule has 29 nitrogen and oxygen atoms in total. The highest BCUT2D eigenvalue weighted by Crippen LogP contribution is 2.35. The maximum atomic E-state index is 15.2. The second-order valence-corrected chi connectivity index (χ2v) is 23.4. The zero-order valence-corrected chi connectivity index (χ0v) is 49.3. The van der Waals surface area contributed by atoms with Crippen LogP contribution in [0.25, 0.3) is 16.7 Å². The summed E-state index contributed by atoms with van der Waals surface area (Å²) in [7, 11) is 0. The normalized spacial score (nSPS) is 22.9. The summed E-state index contributed by atoms with van der Waals surface area (Å²) in [5, 5.41) is 35.6.